The average molecular weight is 334 g/mol. The van der Waals surface area contributed by atoms with Crippen molar-refractivity contribution in [3.8, 4) is 22.3 Å². The van der Waals surface area contributed by atoms with Crippen LogP contribution >= 0.6 is 0 Å². The molecule has 0 spiro atoms. The maximum absolute atomic E-state index is 14.4. The third-order valence-electron chi connectivity index (χ3n) is 3.74. The Labute approximate surface area is 135 Å². The summed E-state index contributed by atoms with van der Waals surface area (Å²) < 4.78 is 68.4. The molecule has 0 aliphatic rings. The summed E-state index contributed by atoms with van der Waals surface area (Å²) in [6, 6.07) is 10.6. The fourth-order valence-electron chi connectivity index (χ4n) is 2.44. The number of aryl methyl sites for hydroxylation is 1. The van der Waals surface area contributed by atoms with E-state index in [1.54, 1.807) is 24.3 Å². The third-order valence-corrected chi connectivity index (χ3v) is 3.74. The van der Waals surface area contributed by atoms with Gasteiger partial charge in [-0.15, -0.1) is 0 Å². The molecule has 5 heteroatoms. The molecule has 0 aromatic heterocycles. The zero-order valence-corrected chi connectivity index (χ0v) is 12.5. The highest BCUT2D eigenvalue weighted by molar-refractivity contribution is 5.72. The second kappa shape index (κ2) is 6.07. The largest absolute Gasteiger partial charge is 0.204 e. The summed E-state index contributed by atoms with van der Waals surface area (Å²) in [5.41, 5.74) is 0.840. The Bertz CT molecular complexity index is 891. The van der Waals surface area contributed by atoms with Crippen molar-refractivity contribution in [2.45, 2.75) is 6.92 Å². The molecule has 0 amide bonds. The maximum Gasteiger partial charge on any atom is 0.194 e. The summed E-state index contributed by atoms with van der Waals surface area (Å²) in [7, 11) is 0. The maximum atomic E-state index is 14.4. The molecule has 0 N–H and O–H groups in total. The Morgan fingerprint density at radius 3 is 1.50 bits per heavy atom. The monoisotopic (exact) mass is 334 g/mol. The lowest BCUT2D eigenvalue weighted by Crippen LogP contribution is -1.97. The van der Waals surface area contributed by atoms with E-state index in [1.807, 2.05) is 6.92 Å². The second-order valence-corrected chi connectivity index (χ2v) is 5.41. The SMILES string of the molecule is Cc1ccc(-c2ccc(-c3cc(F)c(F)c(F)c3)c(F)c2F)cc1. The zero-order chi connectivity index (χ0) is 17.4. The van der Waals surface area contributed by atoms with Crippen LogP contribution in [0.15, 0.2) is 48.5 Å². The molecule has 0 saturated heterocycles. The number of hydrogen-bond donors (Lipinski definition) is 0. The van der Waals surface area contributed by atoms with Gasteiger partial charge in [0.1, 0.15) is 0 Å². The van der Waals surface area contributed by atoms with E-state index in [0.717, 1.165) is 5.56 Å². The van der Waals surface area contributed by atoms with Crippen LogP contribution in [-0.4, -0.2) is 0 Å². The minimum atomic E-state index is -1.66. The van der Waals surface area contributed by atoms with Crippen LogP contribution in [0.2, 0.25) is 0 Å². The Hall–Kier alpha value is -2.69. The lowest BCUT2D eigenvalue weighted by molar-refractivity contribution is 0.447. The van der Waals surface area contributed by atoms with Crippen LogP contribution in [0.1, 0.15) is 5.56 Å². The number of hydrogen-bond acceptors (Lipinski definition) is 0. The van der Waals surface area contributed by atoms with Gasteiger partial charge in [-0.25, -0.2) is 22.0 Å². The molecule has 0 saturated carbocycles. The van der Waals surface area contributed by atoms with Crippen molar-refractivity contribution in [2.24, 2.45) is 0 Å². The van der Waals surface area contributed by atoms with Crippen molar-refractivity contribution in [3.63, 3.8) is 0 Å². The van der Waals surface area contributed by atoms with Gasteiger partial charge >= 0.3 is 0 Å². The van der Waals surface area contributed by atoms with Gasteiger partial charge in [0.25, 0.3) is 0 Å². The van der Waals surface area contributed by atoms with Gasteiger partial charge in [-0.05, 0) is 30.2 Å². The highest BCUT2D eigenvalue weighted by Gasteiger charge is 2.18. The number of halogens is 5. The Balaban J connectivity index is 2.13. The van der Waals surface area contributed by atoms with E-state index in [-0.39, 0.29) is 16.7 Å². The third kappa shape index (κ3) is 2.77. The first-order valence-electron chi connectivity index (χ1n) is 7.08. The van der Waals surface area contributed by atoms with Crippen LogP contribution in [0, 0.1) is 36.0 Å². The topological polar surface area (TPSA) is 0 Å². The molecule has 0 fully saturated rings. The first-order valence-corrected chi connectivity index (χ1v) is 7.08. The first kappa shape index (κ1) is 16.2. The lowest BCUT2D eigenvalue weighted by atomic mass is 9.98. The highest BCUT2D eigenvalue weighted by atomic mass is 19.2. The number of benzene rings is 3. The normalized spacial score (nSPS) is 10.9. The average Bonchev–Trinajstić information content (AvgIpc) is 2.56. The van der Waals surface area contributed by atoms with E-state index >= 15 is 0 Å². The predicted molar refractivity (Wildman–Crippen MR) is 81.8 cm³/mol. The molecule has 122 valence electrons. The molecule has 0 unspecified atom stereocenters. The van der Waals surface area contributed by atoms with Gasteiger partial charge in [0, 0.05) is 11.1 Å². The summed E-state index contributed by atoms with van der Waals surface area (Å²) in [5.74, 6) is -6.98. The van der Waals surface area contributed by atoms with E-state index in [0.29, 0.717) is 17.7 Å². The smallest absolute Gasteiger partial charge is 0.194 e. The molecule has 3 aromatic rings. The first-order chi connectivity index (χ1) is 11.4. The van der Waals surface area contributed by atoms with Crippen molar-refractivity contribution >= 4 is 0 Å². The minimum absolute atomic E-state index is 0.0271. The van der Waals surface area contributed by atoms with Crippen LogP contribution in [0.5, 0.6) is 0 Å². The molecular formula is C19H11F5. The van der Waals surface area contributed by atoms with Crippen molar-refractivity contribution in [1.82, 2.24) is 0 Å². The van der Waals surface area contributed by atoms with E-state index < -0.39 is 29.1 Å². The molecule has 3 aromatic carbocycles. The molecule has 3 rings (SSSR count). The van der Waals surface area contributed by atoms with Crippen LogP contribution in [0.3, 0.4) is 0 Å². The molecule has 0 heterocycles. The van der Waals surface area contributed by atoms with E-state index in [1.165, 1.54) is 12.1 Å². The Morgan fingerprint density at radius 1 is 0.542 bits per heavy atom. The molecule has 0 aliphatic heterocycles. The quantitative estimate of drug-likeness (QED) is 0.397. The summed E-state index contributed by atoms with van der Waals surface area (Å²) in [5, 5.41) is 0. The molecular weight excluding hydrogens is 323 g/mol. The van der Waals surface area contributed by atoms with E-state index in [9.17, 15) is 22.0 Å². The molecule has 0 aliphatic carbocycles. The van der Waals surface area contributed by atoms with Crippen LogP contribution in [0.25, 0.3) is 22.3 Å². The summed E-state index contributed by atoms with van der Waals surface area (Å²) in [6.45, 7) is 1.86. The second-order valence-electron chi connectivity index (χ2n) is 5.41. The lowest BCUT2D eigenvalue weighted by Gasteiger charge is -2.10. The molecule has 24 heavy (non-hydrogen) atoms. The molecule has 0 bridgehead atoms. The van der Waals surface area contributed by atoms with Crippen LogP contribution < -0.4 is 0 Å². The molecule has 0 atom stereocenters. The fourth-order valence-corrected chi connectivity index (χ4v) is 2.44. The van der Waals surface area contributed by atoms with Gasteiger partial charge in [0.05, 0.1) is 0 Å². The van der Waals surface area contributed by atoms with Gasteiger partial charge in [0.2, 0.25) is 0 Å². The van der Waals surface area contributed by atoms with Crippen molar-refractivity contribution in [2.75, 3.05) is 0 Å². The molecule has 0 radical (unpaired) electrons. The summed E-state index contributed by atoms with van der Waals surface area (Å²) in [6.07, 6.45) is 0. The van der Waals surface area contributed by atoms with Gasteiger partial charge in [0.15, 0.2) is 29.1 Å². The predicted octanol–water partition coefficient (Wildman–Crippen LogP) is 6.02. The fraction of sp³-hybridized carbons (Fsp3) is 0.0526. The van der Waals surface area contributed by atoms with Crippen molar-refractivity contribution < 1.29 is 22.0 Å². The highest BCUT2D eigenvalue weighted by Crippen LogP contribution is 2.32. The number of rotatable bonds is 2. The van der Waals surface area contributed by atoms with E-state index in [4.69, 9.17) is 0 Å². The Kier molecular flexibility index (Phi) is 4.09. The zero-order valence-electron chi connectivity index (χ0n) is 12.5. The van der Waals surface area contributed by atoms with Crippen LogP contribution in [0.4, 0.5) is 22.0 Å². The van der Waals surface area contributed by atoms with Gasteiger partial charge in [-0.2, -0.15) is 0 Å². The summed E-state index contributed by atoms with van der Waals surface area (Å²) >= 11 is 0. The Morgan fingerprint density at radius 2 is 1.00 bits per heavy atom. The molecule has 0 nitrogen and oxygen atoms in total. The summed E-state index contributed by atoms with van der Waals surface area (Å²) in [4.78, 5) is 0. The minimum Gasteiger partial charge on any atom is -0.204 e. The van der Waals surface area contributed by atoms with Crippen LogP contribution in [-0.2, 0) is 0 Å². The standard InChI is InChI=1S/C19H11F5/c1-10-2-4-11(5-3-10)13-6-7-14(18(23)17(13)22)12-8-15(20)19(24)16(21)9-12/h2-9H,1H3. The van der Waals surface area contributed by atoms with Gasteiger partial charge in [-0.3, -0.25) is 0 Å². The van der Waals surface area contributed by atoms with Gasteiger partial charge < -0.3 is 0 Å². The van der Waals surface area contributed by atoms with E-state index in [2.05, 4.69) is 0 Å². The van der Waals surface area contributed by atoms with Crippen molar-refractivity contribution in [3.05, 3.63) is 83.2 Å². The van der Waals surface area contributed by atoms with Crippen molar-refractivity contribution in [1.29, 1.82) is 0 Å². The van der Waals surface area contributed by atoms with Gasteiger partial charge in [-0.1, -0.05) is 42.0 Å².